The van der Waals surface area contributed by atoms with Crippen LogP contribution in [-0.4, -0.2) is 92.6 Å². The molecule has 0 aliphatic carbocycles. The number of rotatable bonds is 8. The largest absolute Gasteiger partial charge is 0.378 e. The molecule has 7 nitrogen and oxygen atoms in total. The highest BCUT2D eigenvalue weighted by molar-refractivity contribution is 5.94. The number of nitrogens with zero attached hydrogens (tertiary/aromatic N) is 4. The zero-order chi connectivity index (χ0) is 23.9. The first-order valence-electron chi connectivity index (χ1n) is 12.2. The Morgan fingerprint density at radius 2 is 1.68 bits per heavy atom. The number of hydrogen-bond donors (Lipinski definition) is 0. The molecule has 0 aromatic heterocycles. The van der Waals surface area contributed by atoms with Crippen molar-refractivity contribution in [2.24, 2.45) is 0 Å². The average molecular weight is 465 g/mol. The Bertz CT molecular complexity index is 934. The van der Waals surface area contributed by atoms with E-state index in [1.165, 1.54) is 0 Å². The van der Waals surface area contributed by atoms with Crippen LogP contribution >= 0.6 is 0 Å². The number of carbonyl (C=O) groups is 2. The Morgan fingerprint density at radius 3 is 2.29 bits per heavy atom. The summed E-state index contributed by atoms with van der Waals surface area (Å²) in [6.45, 7) is 5.04. The van der Waals surface area contributed by atoms with E-state index in [-0.39, 0.29) is 17.9 Å². The molecule has 2 fully saturated rings. The number of amides is 2. The minimum absolute atomic E-state index is 0.0627. The maximum Gasteiger partial charge on any atom is 0.253 e. The molecule has 4 rings (SSSR count). The van der Waals surface area contributed by atoms with Crippen LogP contribution < -0.4 is 4.90 Å². The maximum atomic E-state index is 13.4. The summed E-state index contributed by atoms with van der Waals surface area (Å²) in [6.07, 6.45) is 2.18. The molecule has 7 heteroatoms. The first-order chi connectivity index (χ1) is 16.5. The van der Waals surface area contributed by atoms with Gasteiger partial charge in [0.25, 0.3) is 5.91 Å². The summed E-state index contributed by atoms with van der Waals surface area (Å²) in [5, 5.41) is 0. The Hall–Kier alpha value is -2.90. The van der Waals surface area contributed by atoms with Gasteiger partial charge >= 0.3 is 0 Å². The molecule has 0 saturated carbocycles. The number of anilines is 1. The Morgan fingerprint density at radius 1 is 0.971 bits per heavy atom. The Labute approximate surface area is 202 Å². The monoisotopic (exact) mass is 464 g/mol. The van der Waals surface area contributed by atoms with Gasteiger partial charge in [0, 0.05) is 71.2 Å². The van der Waals surface area contributed by atoms with Crippen molar-refractivity contribution in [3.05, 3.63) is 65.7 Å². The molecule has 2 saturated heterocycles. The molecule has 2 aliphatic rings. The molecule has 2 heterocycles. The first kappa shape index (κ1) is 24.2. The molecule has 34 heavy (non-hydrogen) atoms. The standard InChI is InChI=1S/C27H36N4O3/c1-28(2)24-12-10-22(11-13-24)19-31(20-25-9-6-18-34-25)26(32)21-29-14-16-30(17-15-29)27(33)23-7-4-3-5-8-23/h3-5,7-8,10-13,25H,6,9,14-21H2,1-2H3. The van der Waals surface area contributed by atoms with Gasteiger partial charge in [-0.1, -0.05) is 30.3 Å². The maximum absolute atomic E-state index is 13.4. The SMILES string of the molecule is CN(C)c1ccc(CN(CC2CCCO2)C(=O)CN2CCN(C(=O)c3ccccc3)CC2)cc1. The summed E-state index contributed by atoms with van der Waals surface area (Å²) in [7, 11) is 4.05. The van der Waals surface area contributed by atoms with Crippen molar-refractivity contribution < 1.29 is 14.3 Å². The summed E-state index contributed by atoms with van der Waals surface area (Å²) in [5.74, 6) is 0.183. The number of benzene rings is 2. The van der Waals surface area contributed by atoms with Gasteiger partial charge in [0.2, 0.25) is 5.91 Å². The summed E-state index contributed by atoms with van der Waals surface area (Å²) in [5.41, 5.74) is 2.98. The average Bonchev–Trinajstić information content (AvgIpc) is 3.38. The minimum Gasteiger partial charge on any atom is -0.378 e. The molecular formula is C27H36N4O3. The predicted molar refractivity (Wildman–Crippen MR) is 134 cm³/mol. The molecule has 1 unspecified atom stereocenters. The van der Waals surface area contributed by atoms with E-state index < -0.39 is 0 Å². The summed E-state index contributed by atoms with van der Waals surface area (Å²) in [4.78, 5) is 34.1. The first-order valence-corrected chi connectivity index (χ1v) is 12.2. The number of piperazine rings is 1. The van der Waals surface area contributed by atoms with Crippen LogP contribution in [0.3, 0.4) is 0 Å². The van der Waals surface area contributed by atoms with E-state index in [1.54, 1.807) is 0 Å². The lowest BCUT2D eigenvalue weighted by Gasteiger charge is -2.36. The van der Waals surface area contributed by atoms with Crippen molar-refractivity contribution in [3.63, 3.8) is 0 Å². The van der Waals surface area contributed by atoms with Crippen LogP contribution in [0.15, 0.2) is 54.6 Å². The van der Waals surface area contributed by atoms with Crippen LogP contribution in [-0.2, 0) is 16.1 Å². The fourth-order valence-corrected chi connectivity index (χ4v) is 4.57. The summed E-state index contributed by atoms with van der Waals surface area (Å²) in [6, 6.07) is 17.8. The highest BCUT2D eigenvalue weighted by Crippen LogP contribution is 2.18. The zero-order valence-corrected chi connectivity index (χ0v) is 20.4. The quantitative estimate of drug-likeness (QED) is 0.601. The highest BCUT2D eigenvalue weighted by atomic mass is 16.5. The molecule has 2 aromatic carbocycles. The fraction of sp³-hybridized carbons (Fsp3) is 0.481. The third-order valence-corrected chi connectivity index (χ3v) is 6.67. The van der Waals surface area contributed by atoms with Crippen molar-refractivity contribution in [3.8, 4) is 0 Å². The molecule has 2 amide bonds. The van der Waals surface area contributed by atoms with Gasteiger partial charge in [-0.25, -0.2) is 0 Å². The van der Waals surface area contributed by atoms with Gasteiger partial charge in [-0.3, -0.25) is 14.5 Å². The molecule has 2 aliphatic heterocycles. The molecule has 0 bridgehead atoms. The van der Waals surface area contributed by atoms with Gasteiger partial charge in [0.15, 0.2) is 0 Å². The lowest BCUT2D eigenvalue weighted by atomic mass is 10.1. The smallest absolute Gasteiger partial charge is 0.253 e. The second-order valence-electron chi connectivity index (χ2n) is 9.40. The number of carbonyl (C=O) groups excluding carboxylic acids is 2. The lowest BCUT2D eigenvalue weighted by molar-refractivity contribution is -0.135. The Kier molecular flexibility index (Phi) is 8.19. The van der Waals surface area contributed by atoms with Crippen molar-refractivity contribution in [2.75, 3.05) is 64.9 Å². The predicted octanol–water partition coefficient (Wildman–Crippen LogP) is 2.72. The van der Waals surface area contributed by atoms with Crippen LogP contribution in [0.4, 0.5) is 5.69 Å². The van der Waals surface area contributed by atoms with E-state index in [2.05, 4.69) is 34.1 Å². The molecule has 1 atom stereocenters. The molecular weight excluding hydrogens is 428 g/mol. The van der Waals surface area contributed by atoms with Crippen molar-refractivity contribution in [1.82, 2.24) is 14.7 Å². The van der Waals surface area contributed by atoms with E-state index >= 15 is 0 Å². The van der Waals surface area contributed by atoms with Crippen molar-refractivity contribution in [1.29, 1.82) is 0 Å². The van der Waals surface area contributed by atoms with Crippen LogP contribution in [0, 0.1) is 0 Å². The van der Waals surface area contributed by atoms with E-state index in [4.69, 9.17) is 4.74 Å². The molecule has 0 spiro atoms. The molecule has 0 radical (unpaired) electrons. The van der Waals surface area contributed by atoms with E-state index in [1.807, 2.05) is 54.2 Å². The number of hydrogen-bond acceptors (Lipinski definition) is 5. The van der Waals surface area contributed by atoms with E-state index in [0.717, 1.165) is 36.3 Å². The van der Waals surface area contributed by atoms with Gasteiger partial charge < -0.3 is 19.4 Å². The third-order valence-electron chi connectivity index (χ3n) is 6.67. The van der Waals surface area contributed by atoms with Gasteiger partial charge in [-0.15, -0.1) is 0 Å². The van der Waals surface area contributed by atoms with Gasteiger partial charge in [-0.05, 0) is 42.7 Å². The summed E-state index contributed by atoms with van der Waals surface area (Å²) < 4.78 is 5.84. The second kappa shape index (κ2) is 11.5. The van der Waals surface area contributed by atoms with Crippen LogP contribution in [0.1, 0.15) is 28.8 Å². The fourth-order valence-electron chi connectivity index (χ4n) is 4.57. The summed E-state index contributed by atoms with van der Waals surface area (Å²) >= 11 is 0. The Balaban J connectivity index is 1.34. The third kappa shape index (κ3) is 6.36. The highest BCUT2D eigenvalue weighted by Gasteiger charge is 2.27. The second-order valence-corrected chi connectivity index (χ2v) is 9.40. The molecule has 2 aromatic rings. The molecule has 182 valence electrons. The van der Waals surface area contributed by atoms with Gasteiger partial charge in [-0.2, -0.15) is 0 Å². The topological polar surface area (TPSA) is 56.3 Å². The van der Waals surface area contributed by atoms with Crippen molar-refractivity contribution in [2.45, 2.75) is 25.5 Å². The normalized spacial score (nSPS) is 18.6. The molecule has 0 N–H and O–H groups in total. The van der Waals surface area contributed by atoms with Crippen LogP contribution in [0.5, 0.6) is 0 Å². The van der Waals surface area contributed by atoms with Gasteiger partial charge in [0.05, 0.1) is 12.6 Å². The van der Waals surface area contributed by atoms with E-state index in [0.29, 0.717) is 45.8 Å². The number of ether oxygens (including phenoxy) is 1. The van der Waals surface area contributed by atoms with Gasteiger partial charge in [0.1, 0.15) is 0 Å². The lowest BCUT2D eigenvalue weighted by Crippen LogP contribution is -2.52. The van der Waals surface area contributed by atoms with E-state index in [9.17, 15) is 9.59 Å². The minimum atomic E-state index is 0.0627. The zero-order valence-electron chi connectivity index (χ0n) is 20.4. The van der Waals surface area contributed by atoms with Crippen LogP contribution in [0.2, 0.25) is 0 Å². The van der Waals surface area contributed by atoms with Crippen molar-refractivity contribution >= 4 is 17.5 Å². The van der Waals surface area contributed by atoms with Crippen LogP contribution in [0.25, 0.3) is 0 Å².